The average Bonchev–Trinajstić information content (AvgIpc) is 2.34. The third kappa shape index (κ3) is 0.813. The van der Waals surface area contributed by atoms with Gasteiger partial charge in [-0.1, -0.05) is 0 Å². The number of hydrogen-bond donors (Lipinski definition) is 3. The van der Waals surface area contributed by atoms with Crippen LogP contribution in [0.2, 0.25) is 0 Å². The van der Waals surface area contributed by atoms with Crippen LogP contribution < -0.4 is 5.73 Å². The van der Waals surface area contributed by atoms with Gasteiger partial charge in [0.2, 0.25) is 0 Å². The van der Waals surface area contributed by atoms with Crippen molar-refractivity contribution in [2.24, 2.45) is 10.7 Å². The second kappa shape index (κ2) is 1.91. The first-order chi connectivity index (χ1) is 5.27. The van der Waals surface area contributed by atoms with Gasteiger partial charge in [-0.2, -0.15) is 5.10 Å². The number of H-pyrrole nitrogens is 1. The van der Waals surface area contributed by atoms with Gasteiger partial charge in [-0.25, -0.2) is 4.99 Å². The molecular weight excluding hydrogens is 142 g/mol. The molecule has 2 rings (SSSR count). The van der Waals surface area contributed by atoms with Gasteiger partial charge in [-0.15, -0.1) is 0 Å². The Morgan fingerprint density at radius 2 is 2.45 bits per heavy atom. The normalized spacial score (nSPS) is 16.0. The summed E-state index contributed by atoms with van der Waals surface area (Å²) in [5.41, 5.74) is 6.68. The van der Waals surface area contributed by atoms with Crippen molar-refractivity contribution < 1.29 is 0 Å². The van der Waals surface area contributed by atoms with Gasteiger partial charge in [-0.05, 0) is 0 Å². The Labute approximate surface area is 62.8 Å². The summed E-state index contributed by atoms with van der Waals surface area (Å²) in [7, 11) is 0. The van der Waals surface area contributed by atoms with E-state index in [9.17, 15) is 0 Å². The SMILES string of the molecule is N=C1CC(N)=Nc2[nH]ncc21. The zero-order valence-electron chi connectivity index (χ0n) is 5.76. The van der Waals surface area contributed by atoms with Gasteiger partial charge in [0.1, 0.15) is 5.84 Å². The molecule has 0 saturated carbocycles. The Morgan fingerprint density at radius 3 is 3.27 bits per heavy atom. The summed E-state index contributed by atoms with van der Waals surface area (Å²) < 4.78 is 0. The lowest BCUT2D eigenvalue weighted by molar-refractivity contribution is 1.08. The molecule has 1 aromatic heterocycles. The summed E-state index contributed by atoms with van der Waals surface area (Å²) in [6.07, 6.45) is 2.01. The second-order valence-corrected chi connectivity index (χ2v) is 2.39. The van der Waals surface area contributed by atoms with Crippen LogP contribution >= 0.6 is 0 Å². The number of hydrogen-bond acceptors (Lipinski definition) is 4. The highest BCUT2D eigenvalue weighted by molar-refractivity contribution is 6.15. The fraction of sp³-hybridized carbons (Fsp3) is 0.167. The van der Waals surface area contributed by atoms with Crippen LogP contribution in [0.3, 0.4) is 0 Å². The number of fused-ring (bicyclic) bond motifs is 1. The minimum atomic E-state index is 0.423. The van der Waals surface area contributed by atoms with Crippen molar-refractivity contribution in [2.75, 3.05) is 0 Å². The van der Waals surface area contributed by atoms with Crippen molar-refractivity contribution in [1.29, 1.82) is 5.41 Å². The summed E-state index contributed by atoms with van der Waals surface area (Å²) >= 11 is 0. The lowest BCUT2D eigenvalue weighted by Gasteiger charge is -2.07. The van der Waals surface area contributed by atoms with Gasteiger partial charge in [0.25, 0.3) is 0 Å². The average molecular weight is 149 g/mol. The summed E-state index contributed by atoms with van der Waals surface area (Å²) in [5, 5.41) is 13.9. The molecule has 4 N–H and O–H groups in total. The number of nitrogens with two attached hydrogens (primary N) is 1. The van der Waals surface area contributed by atoms with E-state index in [-0.39, 0.29) is 0 Å². The molecule has 0 atom stereocenters. The highest BCUT2D eigenvalue weighted by Crippen LogP contribution is 2.20. The maximum atomic E-state index is 7.50. The van der Waals surface area contributed by atoms with E-state index < -0.39 is 0 Å². The predicted octanol–water partition coefficient (Wildman–Crippen LogP) is 0.170. The van der Waals surface area contributed by atoms with Crippen LogP contribution in [-0.2, 0) is 0 Å². The van der Waals surface area contributed by atoms with E-state index in [2.05, 4.69) is 15.2 Å². The highest BCUT2D eigenvalue weighted by atomic mass is 15.2. The lowest BCUT2D eigenvalue weighted by Crippen LogP contribution is -2.19. The fourth-order valence-electron chi connectivity index (χ4n) is 1.04. The molecule has 5 heteroatoms. The monoisotopic (exact) mass is 149 g/mol. The molecule has 0 aliphatic carbocycles. The van der Waals surface area contributed by atoms with Crippen molar-refractivity contribution in [3.63, 3.8) is 0 Å². The Morgan fingerprint density at radius 1 is 1.64 bits per heavy atom. The number of nitrogens with zero attached hydrogens (tertiary/aromatic N) is 2. The molecule has 0 aromatic carbocycles. The molecule has 0 radical (unpaired) electrons. The van der Waals surface area contributed by atoms with Crippen LogP contribution in [0.25, 0.3) is 0 Å². The van der Waals surface area contributed by atoms with Crippen LogP contribution in [-0.4, -0.2) is 21.7 Å². The molecule has 1 aromatic rings. The number of aromatic amines is 1. The van der Waals surface area contributed by atoms with E-state index in [1.807, 2.05) is 0 Å². The smallest absolute Gasteiger partial charge is 0.159 e. The summed E-state index contributed by atoms with van der Waals surface area (Å²) in [5.74, 6) is 1.06. The maximum Gasteiger partial charge on any atom is 0.159 e. The summed E-state index contributed by atoms with van der Waals surface area (Å²) in [4.78, 5) is 3.99. The molecule has 5 nitrogen and oxygen atoms in total. The van der Waals surface area contributed by atoms with Gasteiger partial charge in [0, 0.05) is 6.42 Å². The Bertz CT molecular complexity index is 334. The maximum absolute atomic E-state index is 7.50. The third-order valence-corrected chi connectivity index (χ3v) is 1.56. The van der Waals surface area contributed by atoms with E-state index in [0.717, 1.165) is 5.56 Å². The van der Waals surface area contributed by atoms with Gasteiger partial charge >= 0.3 is 0 Å². The Hall–Kier alpha value is -1.65. The van der Waals surface area contributed by atoms with Crippen molar-refractivity contribution in [3.8, 4) is 0 Å². The van der Waals surface area contributed by atoms with Gasteiger partial charge in [-0.3, -0.25) is 5.10 Å². The molecule has 0 bridgehead atoms. The van der Waals surface area contributed by atoms with Crippen LogP contribution in [0.4, 0.5) is 5.82 Å². The van der Waals surface area contributed by atoms with Crippen molar-refractivity contribution >= 4 is 17.4 Å². The predicted molar refractivity (Wildman–Crippen MR) is 41.3 cm³/mol. The Balaban J connectivity index is 2.60. The van der Waals surface area contributed by atoms with Gasteiger partial charge in [0.15, 0.2) is 5.82 Å². The van der Waals surface area contributed by atoms with Gasteiger partial charge < -0.3 is 11.1 Å². The zero-order chi connectivity index (χ0) is 7.84. The van der Waals surface area contributed by atoms with E-state index in [1.165, 1.54) is 0 Å². The molecule has 11 heavy (non-hydrogen) atoms. The van der Waals surface area contributed by atoms with Crippen molar-refractivity contribution in [1.82, 2.24) is 10.2 Å². The third-order valence-electron chi connectivity index (χ3n) is 1.56. The molecule has 0 fully saturated rings. The minimum absolute atomic E-state index is 0.423. The first kappa shape index (κ1) is 6.09. The second-order valence-electron chi connectivity index (χ2n) is 2.39. The van der Waals surface area contributed by atoms with E-state index in [1.54, 1.807) is 6.20 Å². The summed E-state index contributed by atoms with van der Waals surface area (Å²) in [6, 6.07) is 0. The van der Waals surface area contributed by atoms with Crippen LogP contribution in [0.1, 0.15) is 12.0 Å². The van der Waals surface area contributed by atoms with Crippen LogP contribution in [0.5, 0.6) is 0 Å². The van der Waals surface area contributed by atoms with Crippen molar-refractivity contribution in [3.05, 3.63) is 11.8 Å². The minimum Gasteiger partial charge on any atom is -0.387 e. The number of aromatic nitrogens is 2. The lowest BCUT2D eigenvalue weighted by atomic mass is 10.1. The fourth-order valence-corrected chi connectivity index (χ4v) is 1.04. The quantitative estimate of drug-likeness (QED) is 0.490. The van der Waals surface area contributed by atoms with Gasteiger partial charge in [0.05, 0.1) is 17.5 Å². The first-order valence-corrected chi connectivity index (χ1v) is 3.21. The van der Waals surface area contributed by atoms with E-state index in [0.29, 0.717) is 23.8 Å². The number of rotatable bonds is 0. The molecule has 56 valence electrons. The molecule has 0 unspecified atom stereocenters. The molecule has 0 spiro atoms. The molecule has 0 saturated heterocycles. The molecule has 2 heterocycles. The number of amidine groups is 1. The molecule has 1 aliphatic rings. The molecule has 0 amide bonds. The van der Waals surface area contributed by atoms with E-state index in [4.69, 9.17) is 11.1 Å². The van der Waals surface area contributed by atoms with E-state index >= 15 is 0 Å². The summed E-state index contributed by atoms with van der Waals surface area (Å²) in [6.45, 7) is 0. The topological polar surface area (TPSA) is 90.9 Å². The van der Waals surface area contributed by atoms with Crippen LogP contribution in [0.15, 0.2) is 11.2 Å². The van der Waals surface area contributed by atoms with Crippen LogP contribution in [0, 0.1) is 5.41 Å². The number of nitrogens with one attached hydrogen (secondary N) is 2. The largest absolute Gasteiger partial charge is 0.387 e. The first-order valence-electron chi connectivity index (χ1n) is 3.21. The zero-order valence-corrected chi connectivity index (χ0v) is 5.76. The highest BCUT2D eigenvalue weighted by Gasteiger charge is 2.16. The van der Waals surface area contributed by atoms with Crippen molar-refractivity contribution in [2.45, 2.75) is 6.42 Å². The molecular formula is C6H7N5. The Kier molecular flexibility index (Phi) is 1.06. The molecule has 1 aliphatic heterocycles. The standard InChI is InChI=1S/C6H7N5/c7-4-1-5(8)10-6-3(4)2-9-11-6/h2,7H,1H2,(H3,8,9,10,11). The number of aliphatic imine (C=N–C) groups is 1.